The Labute approximate surface area is 117 Å². The Kier molecular flexibility index (Phi) is 2.37. The van der Waals surface area contributed by atoms with Gasteiger partial charge >= 0.3 is 5.97 Å². The van der Waals surface area contributed by atoms with Crippen LogP contribution in [0.1, 0.15) is 35.1 Å². The molecule has 1 aliphatic rings. The first-order chi connectivity index (χ1) is 9.72. The molecule has 7 heteroatoms. The van der Waals surface area contributed by atoms with Crippen molar-refractivity contribution in [2.45, 2.75) is 18.8 Å². The summed E-state index contributed by atoms with van der Waals surface area (Å²) in [5.41, 5.74) is 0.720. The fourth-order valence-electron chi connectivity index (χ4n) is 2.10. The van der Waals surface area contributed by atoms with E-state index in [-0.39, 0.29) is 5.69 Å². The van der Waals surface area contributed by atoms with Gasteiger partial charge in [-0.3, -0.25) is 0 Å². The van der Waals surface area contributed by atoms with Gasteiger partial charge in [-0.05, 0) is 30.4 Å². The molecular formula is C13H10N4O2S. The van der Waals surface area contributed by atoms with Crippen LogP contribution in [0.2, 0.25) is 0 Å². The van der Waals surface area contributed by atoms with Gasteiger partial charge < -0.3 is 5.11 Å². The zero-order valence-corrected chi connectivity index (χ0v) is 11.2. The van der Waals surface area contributed by atoms with Gasteiger partial charge in [0.2, 0.25) is 0 Å². The zero-order chi connectivity index (χ0) is 13.7. The maximum absolute atomic E-state index is 11.4. The van der Waals surface area contributed by atoms with Crippen LogP contribution in [0.5, 0.6) is 0 Å². The summed E-state index contributed by atoms with van der Waals surface area (Å²) in [5, 5.41) is 15.6. The number of hydrogen-bond donors (Lipinski definition) is 1. The number of fused-ring (bicyclic) bond motifs is 1. The average Bonchev–Trinajstić information content (AvgIpc) is 2.99. The molecule has 6 nitrogen and oxygen atoms in total. The SMILES string of the molecule is O=C(O)c1cc(-c2cccs2)nc2nc(C3CC3)nn12. The van der Waals surface area contributed by atoms with Crippen molar-refractivity contribution in [3.05, 3.63) is 35.1 Å². The third-order valence-corrected chi connectivity index (χ3v) is 4.16. The highest BCUT2D eigenvalue weighted by Crippen LogP contribution is 2.38. The van der Waals surface area contributed by atoms with Crippen molar-refractivity contribution in [3.8, 4) is 10.6 Å². The fourth-order valence-corrected chi connectivity index (χ4v) is 2.79. The van der Waals surface area contributed by atoms with Gasteiger partial charge in [0.05, 0.1) is 10.6 Å². The highest BCUT2D eigenvalue weighted by molar-refractivity contribution is 7.13. The van der Waals surface area contributed by atoms with E-state index in [1.807, 2.05) is 17.5 Å². The van der Waals surface area contributed by atoms with Gasteiger partial charge in [-0.2, -0.15) is 9.50 Å². The molecule has 0 aliphatic heterocycles. The number of aromatic carboxylic acids is 1. The Morgan fingerprint density at radius 3 is 2.90 bits per heavy atom. The summed E-state index contributed by atoms with van der Waals surface area (Å²) in [4.78, 5) is 21.1. The lowest BCUT2D eigenvalue weighted by molar-refractivity contribution is 0.0687. The van der Waals surface area contributed by atoms with Crippen molar-refractivity contribution in [2.24, 2.45) is 0 Å². The minimum Gasteiger partial charge on any atom is -0.477 e. The normalized spacial score (nSPS) is 14.8. The molecule has 0 bridgehead atoms. The molecule has 0 spiro atoms. The van der Waals surface area contributed by atoms with Gasteiger partial charge in [0, 0.05) is 5.92 Å². The molecule has 0 radical (unpaired) electrons. The minimum absolute atomic E-state index is 0.0952. The van der Waals surface area contributed by atoms with Gasteiger partial charge in [-0.15, -0.1) is 16.4 Å². The standard InChI is InChI=1S/C13H10N4O2S/c18-12(19)9-6-8(10-2-1-5-20-10)14-13-15-11(7-3-4-7)16-17(9)13/h1-2,5-7H,3-4H2,(H,18,19). The molecular weight excluding hydrogens is 276 g/mol. The van der Waals surface area contributed by atoms with Crippen LogP contribution in [0.25, 0.3) is 16.3 Å². The Bertz CT molecular complexity index is 805. The van der Waals surface area contributed by atoms with E-state index in [1.54, 1.807) is 6.07 Å². The van der Waals surface area contributed by atoms with Crippen LogP contribution < -0.4 is 0 Å². The van der Waals surface area contributed by atoms with E-state index in [9.17, 15) is 9.90 Å². The summed E-state index contributed by atoms with van der Waals surface area (Å²) < 4.78 is 1.33. The average molecular weight is 286 g/mol. The lowest BCUT2D eigenvalue weighted by Gasteiger charge is -2.01. The number of nitrogens with zero attached hydrogens (tertiary/aromatic N) is 4. The number of thiophene rings is 1. The molecule has 3 heterocycles. The van der Waals surface area contributed by atoms with Crippen molar-refractivity contribution >= 4 is 23.1 Å². The summed E-state index contributed by atoms with van der Waals surface area (Å²) in [6.45, 7) is 0. The molecule has 1 N–H and O–H groups in total. The largest absolute Gasteiger partial charge is 0.477 e. The van der Waals surface area contributed by atoms with Crippen molar-refractivity contribution in [3.63, 3.8) is 0 Å². The van der Waals surface area contributed by atoms with E-state index in [2.05, 4.69) is 15.1 Å². The molecule has 3 aromatic heterocycles. The third-order valence-electron chi connectivity index (χ3n) is 3.26. The number of hydrogen-bond acceptors (Lipinski definition) is 5. The van der Waals surface area contributed by atoms with Crippen LogP contribution >= 0.6 is 11.3 Å². The Morgan fingerprint density at radius 2 is 2.25 bits per heavy atom. The van der Waals surface area contributed by atoms with Crippen LogP contribution in [0, 0.1) is 0 Å². The van der Waals surface area contributed by atoms with Gasteiger partial charge in [0.15, 0.2) is 11.5 Å². The molecule has 0 aromatic carbocycles. The first-order valence-corrected chi connectivity index (χ1v) is 7.15. The summed E-state index contributed by atoms with van der Waals surface area (Å²) in [6.07, 6.45) is 2.13. The number of aromatic nitrogens is 4. The molecule has 0 unspecified atom stereocenters. The Morgan fingerprint density at radius 1 is 1.40 bits per heavy atom. The molecule has 4 rings (SSSR count). The summed E-state index contributed by atoms with van der Waals surface area (Å²) in [7, 11) is 0. The van der Waals surface area contributed by atoms with E-state index < -0.39 is 5.97 Å². The smallest absolute Gasteiger partial charge is 0.354 e. The maximum atomic E-state index is 11.4. The predicted molar refractivity (Wildman–Crippen MR) is 73.0 cm³/mol. The maximum Gasteiger partial charge on any atom is 0.354 e. The van der Waals surface area contributed by atoms with Crippen LogP contribution in [0.4, 0.5) is 0 Å². The minimum atomic E-state index is -1.03. The summed E-state index contributed by atoms with van der Waals surface area (Å²) in [6, 6.07) is 5.37. The van der Waals surface area contributed by atoms with Crippen LogP contribution in [0.3, 0.4) is 0 Å². The molecule has 1 saturated carbocycles. The second-order valence-corrected chi connectivity index (χ2v) is 5.71. The van der Waals surface area contributed by atoms with E-state index in [1.165, 1.54) is 15.9 Å². The van der Waals surface area contributed by atoms with Crippen molar-refractivity contribution in [1.29, 1.82) is 0 Å². The Hall–Kier alpha value is -2.28. The van der Waals surface area contributed by atoms with Crippen LogP contribution in [0.15, 0.2) is 23.6 Å². The second kappa shape index (κ2) is 4.11. The van der Waals surface area contributed by atoms with Crippen LogP contribution in [-0.4, -0.2) is 30.7 Å². The van der Waals surface area contributed by atoms with Gasteiger partial charge in [0.1, 0.15) is 0 Å². The highest BCUT2D eigenvalue weighted by Gasteiger charge is 2.29. The first-order valence-electron chi connectivity index (χ1n) is 6.27. The van der Waals surface area contributed by atoms with E-state index >= 15 is 0 Å². The van der Waals surface area contributed by atoms with E-state index in [4.69, 9.17) is 0 Å². The summed E-state index contributed by atoms with van der Waals surface area (Å²) >= 11 is 1.52. The van der Waals surface area contributed by atoms with E-state index in [0.29, 0.717) is 23.2 Å². The van der Waals surface area contributed by atoms with Crippen molar-refractivity contribution in [2.75, 3.05) is 0 Å². The third kappa shape index (κ3) is 1.78. The molecule has 1 fully saturated rings. The lowest BCUT2D eigenvalue weighted by atomic mass is 10.3. The molecule has 100 valence electrons. The molecule has 0 atom stereocenters. The number of carboxylic acids is 1. The molecule has 1 aliphatic carbocycles. The number of carboxylic acid groups (broad SMARTS) is 1. The summed E-state index contributed by atoms with van der Waals surface area (Å²) in [5.74, 6) is 0.393. The predicted octanol–water partition coefficient (Wildman–Crippen LogP) is 2.43. The van der Waals surface area contributed by atoms with Gasteiger partial charge in [-0.25, -0.2) is 9.78 Å². The Balaban J connectivity index is 1.96. The van der Waals surface area contributed by atoms with Crippen LogP contribution in [-0.2, 0) is 0 Å². The monoisotopic (exact) mass is 286 g/mol. The zero-order valence-electron chi connectivity index (χ0n) is 10.4. The number of carbonyl (C=O) groups is 1. The molecule has 0 amide bonds. The van der Waals surface area contributed by atoms with Gasteiger partial charge in [-0.1, -0.05) is 6.07 Å². The highest BCUT2D eigenvalue weighted by atomic mass is 32.1. The van der Waals surface area contributed by atoms with Crippen molar-refractivity contribution < 1.29 is 9.90 Å². The fraction of sp³-hybridized carbons (Fsp3) is 0.231. The van der Waals surface area contributed by atoms with E-state index in [0.717, 1.165) is 17.7 Å². The molecule has 3 aromatic rings. The quantitative estimate of drug-likeness (QED) is 0.799. The molecule has 20 heavy (non-hydrogen) atoms. The van der Waals surface area contributed by atoms with Crippen molar-refractivity contribution in [1.82, 2.24) is 19.6 Å². The topological polar surface area (TPSA) is 80.4 Å². The number of rotatable bonds is 3. The van der Waals surface area contributed by atoms with Gasteiger partial charge in [0.25, 0.3) is 5.78 Å². The first kappa shape index (κ1) is 11.5. The molecule has 0 saturated heterocycles. The lowest BCUT2D eigenvalue weighted by Crippen LogP contribution is -2.08. The second-order valence-electron chi connectivity index (χ2n) is 4.77.